The summed E-state index contributed by atoms with van der Waals surface area (Å²) in [5.41, 5.74) is 2.19. The van der Waals surface area contributed by atoms with E-state index in [-0.39, 0.29) is 36.0 Å². The molecule has 1 amide bonds. The van der Waals surface area contributed by atoms with Crippen molar-refractivity contribution in [3.05, 3.63) is 53.9 Å². The van der Waals surface area contributed by atoms with E-state index in [1.54, 1.807) is 18.3 Å². The summed E-state index contributed by atoms with van der Waals surface area (Å²) < 4.78 is 22.4. The Morgan fingerprint density at radius 1 is 1.05 bits per heavy atom. The number of nitrogens with zero attached hydrogens (tertiary/aromatic N) is 6. The number of anilines is 2. The molecular formula is C26H33ClFN7O2. The summed E-state index contributed by atoms with van der Waals surface area (Å²) in [5.74, 6) is 0.630. The molecule has 4 heterocycles. The summed E-state index contributed by atoms with van der Waals surface area (Å²) in [7, 11) is 2.08. The number of nitrogens with one attached hydrogen (secondary N) is 1. The average molecular weight is 530 g/mol. The van der Waals surface area contributed by atoms with Crippen LogP contribution < -0.4 is 5.32 Å². The van der Waals surface area contributed by atoms with Crippen molar-refractivity contribution in [3.63, 3.8) is 0 Å². The molecule has 0 bridgehead atoms. The summed E-state index contributed by atoms with van der Waals surface area (Å²) in [4.78, 5) is 30.1. The van der Waals surface area contributed by atoms with Crippen molar-refractivity contribution in [2.75, 3.05) is 51.8 Å². The van der Waals surface area contributed by atoms with E-state index in [1.807, 2.05) is 24.0 Å². The molecule has 2 saturated heterocycles. The summed E-state index contributed by atoms with van der Waals surface area (Å²) >= 11 is 0. The highest BCUT2D eigenvalue weighted by atomic mass is 35.5. The van der Waals surface area contributed by atoms with Crippen molar-refractivity contribution < 1.29 is 13.9 Å². The van der Waals surface area contributed by atoms with Crippen LogP contribution in [-0.4, -0.2) is 81.7 Å². The monoisotopic (exact) mass is 529 g/mol. The Balaban J connectivity index is 0.00000320. The van der Waals surface area contributed by atoms with Crippen LogP contribution in [0.2, 0.25) is 0 Å². The highest BCUT2D eigenvalue weighted by Gasteiger charge is 2.24. The van der Waals surface area contributed by atoms with Gasteiger partial charge in [0.05, 0.1) is 18.1 Å². The maximum absolute atomic E-state index is 14.9. The number of carbonyl (C=O) groups is 1. The van der Waals surface area contributed by atoms with Gasteiger partial charge in [-0.15, -0.1) is 12.4 Å². The first-order chi connectivity index (χ1) is 17.5. The first-order valence-electron chi connectivity index (χ1n) is 12.5. The predicted molar refractivity (Wildman–Crippen MR) is 142 cm³/mol. The van der Waals surface area contributed by atoms with Gasteiger partial charge in [0.15, 0.2) is 5.82 Å². The molecule has 37 heavy (non-hydrogen) atoms. The van der Waals surface area contributed by atoms with Gasteiger partial charge in [0, 0.05) is 50.1 Å². The van der Waals surface area contributed by atoms with Crippen molar-refractivity contribution in [1.82, 2.24) is 29.3 Å². The number of aromatic nitrogens is 4. The van der Waals surface area contributed by atoms with Crippen molar-refractivity contribution in [2.45, 2.75) is 32.2 Å². The molecule has 9 nitrogen and oxygen atoms in total. The smallest absolute Gasteiger partial charge is 0.253 e. The number of likely N-dealkylation sites (N-methyl/N-ethyl adjacent to an activating group) is 1. The second-order valence-electron chi connectivity index (χ2n) is 9.45. The molecule has 2 aliphatic heterocycles. The highest BCUT2D eigenvalue weighted by Crippen LogP contribution is 2.31. The van der Waals surface area contributed by atoms with Crippen LogP contribution in [0.3, 0.4) is 0 Å². The molecule has 0 spiro atoms. The SMILES string of the molecule is Cc1ncc(-c2nc(Nc3ccc(C(=O)N4CCCN(C)CC4)cc3)ncc2F)n1C1CCOCC1.Cl. The summed E-state index contributed by atoms with van der Waals surface area (Å²) in [5, 5.41) is 3.14. The quantitative estimate of drug-likeness (QED) is 0.532. The van der Waals surface area contributed by atoms with Crippen LogP contribution in [0.25, 0.3) is 11.4 Å². The molecule has 0 aliphatic carbocycles. The van der Waals surface area contributed by atoms with Crippen LogP contribution in [0.5, 0.6) is 0 Å². The van der Waals surface area contributed by atoms with Gasteiger partial charge in [-0.2, -0.15) is 0 Å². The molecule has 1 aromatic carbocycles. The predicted octanol–water partition coefficient (Wildman–Crippen LogP) is 4.08. The second kappa shape index (κ2) is 12.0. The fraction of sp³-hybridized carbons (Fsp3) is 0.462. The molecule has 5 rings (SSSR count). The van der Waals surface area contributed by atoms with Crippen LogP contribution >= 0.6 is 12.4 Å². The van der Waals surface area contributed by atoms with Crippen molar-refractivity contribution in [3.8, 4) is 11.4 Å². The Bertz CT molecular complexity index is 1210. The minimum Gasteiger partial charge on any atom is -0.381 e. The molecule has 2 aliphatic rings. The van der Waals surface area contributed by atoms with Gasteiger partial charge in [0.2, 0.25) is 5.95 Å². The molecule has 1 N–H and O–H groups in total. The fourth-order valence-corrected chi connectivity index (χ4v) is 4.90. The number of imidazole rings is 1. The first-order valence-corrected chi connectivity index (χ1v) is 12.5. The minimum atomic E-state index is -0.502. The Labute approximate surface area is 222 Å². The van der Waals surface area contributed by atoms with Crippen LogP contribution in [0, 0.1) is 12.7 Å². The molecular weight excluding hydrogens is 497 g/mol. The van der Waals surface area contributed by atoms with Gasteiger partial charge >= 0.3 is 0 Å². The number of carbonyl (C=O) groups excluding carboxylic acids is 1. The number of ether oxygens (including phenoxy) is 1. The third-order valence-corrected chi connectivity index (χ3v) is 6.92. The number of halogens is 2. The van der Waals surface area contributed by atoms with E-state index < -0.39 is 5.82 Å². The van der Waals surface area contributed by atoms with Crippen LogP contribution in [-0.2, 0) is 4.74 Å². The van der Waals surface area contributed by atoms with Gasteiger partial charge in [0.25, 0.3) is 5.91 Å². The van der Waals surface area contributed by atoms with Gasteiger partial charge in [-0.05, 0) is 64.0 Å². The summed E-state index contributed by atoms with van der Waals surface area (Å²) in [6.45, 7) is 6.64. The lowest BCUT2D eigenvalue weighted by Crippen LogP contribution is -2.34. The van der Waals surface area contributed by atoms with Gasteiger partial charge in [-0.1, -0.05) is 0 Å². The molecule has 2 aromatic heterocycles. The molecule has 11 heteroatoms. The highest BCUT2D eigenvalue weighted by molar-refractivity contribution is 5.94. The van der Waals surface area contributed by atoms with E-state index in [2.05, 4.69) is 36.8 Å². The summed E-state index contributed by atoms with van der Waals surface area (Å²) in [6.07, 6.45) is 5.51. The fourth-order valence-electron chi connectivity index (χ4n) is 4.90. The van der Waals surface area contributed by atoms with E-state index in [1.165, 1.54) is 6.20 Å². The second-order valence-corrected chi connectivity index (χ2v) is 9.45. The number of aryl methyl sites for hydroxylation is 1. The van der Waals surface area contributed by atoms with E-state index in [4.69, 9.17) is 4.74 Å². The van der Waals surface area contributed by atoms with Gasteiger partial charge in [-0.25, -0.2) is 19.3 Å². The Morgan fingerprint density at radius 3 is 2.57 bits per heavy atom. The van der Waals surface area contributed by atoms with Gasteiger partial charge in [0.1, 0.15) is 11.5 Å². The third kappa shape index (κ3) is 6.08. The number of hydrogen-bond acceptors (Lipinski definition) is 7. The zero-order chi connectivity index (χ0) is 25.1. The molecule has 0 atom stereocenters. The lowest BCUT2D eigenvalue weighted by molar-refractivity contribution is 0.0694. The average Bonchev–Trinajstić information content (AvgIpc) is 3.14. The Kier molecular flexibility index (Phi) is 8.73. The first kappa shape index (κ1) is 27.0. The van der Waals surface area contributed by atoms with Crippen molar-refractivity contribution in [2.24, 2.45) is 0 Å². The number of amides is 1. The van der Waals surface area contributed by atoms with Gasteiger partial charge < -0.3 is 24.4 Å². The normalized spacial score (nSPS) is 17.2. The maximum Gasteiger partial charge on any atom is 0.253 e. The molecule has 0 saturated carbocycles. The molecule has 198 valence electrons. The van der Waals surface area contributed by atoms with Gasteiger partial charge in [-0.3, -0.25) is 4.79 Å². The zero-order valence-corrected chi connectivity index (χ0v) is 22.0. The van der Waals surface area contributed by atoms with E-state index in [9.17, 15) is 9.18 Å². The minimum absolute atomic E-state index is 0. The van der Waals surface area contributed by atoms with E-state index >= 15 is 0 Å². The number of hydrogen-bond donors (Lipinski definition) is 1. The van der Waals surface area contributed by atoms with E-state index in [0.29, 0.717) is 30.2 Å². The van der Waals surface area contributed by atoms with Crippen LogP contribution in [0.4, 0.5) is 16.0 Å². The standard InChI is InChI=1S/C26H32FN7O2.ClH/c1-18-28-17-23(34(18)21-8-14-36-15-9-21)24-22(27)16-29-26(31-24)30-20-6-4-19(5-7-20)25(35)33-11-3-10-32(2)12-13-33;/h4-7,16-17,21H,3,8-15H2,1-2H3,(H,29,30,31);1H. The third-order valence-electron chi connectivity index (χ3n) is 6.92. The number of benzene rings is 1. The maximum atomic E-state index is 14.9. The Morgan fingerprint density at radius 2 is 1.81 bits per heavy atom. The van der Waals surface area contributed by atoms with Crippen molar-refractivity contribution >= 4 is 29.9 Å². The number of rotatable bonds is 5. The van der Waals surface area contributed by atoms with Crippen LogP contribution in [0.15, 0.2) is 36.7 Å². The Hall–Kier alpha value is -3.08. The lowest BCUT2D eigenvalue weighted by Gasteiger charge is -2.26. The molecule has 2 fully saturated rings. The lowest BCUT2D eigenvalue weighted by atomic mass is 10.1. The molecule has 0 radical (unpaired) electrons. The van der Waals surface area contributed by atoms with Crippen molar-refractivity contribution in [1.29, 1.82) is 0 Å². The van der Waals surface area contributed by atoms with Crippen LogP contribution in [0.1, 0.15) is 41.5 Å². The topological polar surface area (TPSA) is 88.4 Å². The van der Waals surface area contributed by atoms with E-state index in [0.717, 1.165) is 51.3 Å². The molecule has 3 aromatic rings. The summed E-state index contributed by atoms with van der Waals surface area (Å²) in [6, 6.07) is 7.43. The largest absolute Gasteiger partial charge is 0.381 e. The molecule has 0 unspecified atom stereocenters. The zero-order valence-electron chi connectivity index (χ0n) is 21.2.